The van der Waals surface area contributed by atoms with Gasteiger partial charge in [0.1, 0.15) is 0 Å². The fraction of sp³-hybridized carbons (Fsp3) is 0.188. The van der Waals surface area contributed by atoms with Crippen LogP contribution in [0.1, 0.15) is 18.1 Å². The van der Waals surface area contributed by atoms with Gasteiger partial charge in [0.2, 0.25) is 5.91 Å². The van der Waals surface area contributed by atoms with Crippen LogP contribution in [0.15, 0.2) is 42.5 Å². The summed E-state index contributed by atoms with van der Waals surface area (Å²) in [5.41, 5.74) is 3.83. The lowest BCUT2D eigenvalue weighted by molar-refractivity contribution is -0.114. The smallest absolute Gasteiger partial charge is 0.221 e. The molecular formula is C16H17ClN2O. The van der Waals surface area contributed by atoms with Gasteiger partial charge in [-0.15, -0.1) is 0 Å². The number of anilines is 2. The van der Waals surface area contributed by atoms with Crippen molar-refractivity contribution >= 4 is 28.9 Å². The molecule has 2 aromatic rings. The number of aryl methyl sites for hydroxylation is 1. The predicted octanol–water partition coefficient (Wildman–Crippen LogP) is 4.22. The second-order valence-electron chi connectivity index (χ2n) is 4.66. The molecule has 0 bridgehead atoms. The van der Waals surface area contributed by atoms with Gasteiger partial charge in [-0.3, -0.25) is 4.79 Å². The van der Waals surface area contributed by atoms with Gasteiger partial charge < -0.3 is 10.6 Å². The number of hydrogen-bond acceptors (Lipinski definition) is 2. The van der Waals surface area contributed by atoms with Crippen molar-refractivity contribution in [2.75, 3.05) is 10.6 Å². The van der Waals surface area contributed by atoms with Crippen molar-refractivity contribution in [2.24, 2.45) is 0 Å². The van der Waals surface area contributed by atoms with E-state index in [0.29, 0.717) is 6.54 Å². The lowest BCUT2D eigenvalue weighted by atomic mass is 10.1. The Labute approximate surface area is 124 Å². The third kappa shape index (κ3) is 3.75. The number of halogens is 1. The molecule has 2 rings (SSSR count). The molecule has 4 heteroatoms. The van der Waals surface area contributed by atoms with Crippen LogP contribution in [0, 0.1) is 6.92 Å². The number of nitrogens with one attached hydrogen (secondary N) is 2. The molecule has 104 valence electrons. The monoisotopic (exact) mass is 288 g/mol. The van der Waals surface area contributed by atoms with Crippen molar-refractivity contribution in [3.05, 3.63) is 58.6 Å². The van der Waals surface area contributed by atoms with Crippen LogP contribution in [0.5, 0.6) is 0 Å². The molecule has 3 nitrogen and oxygen atoms in total. The average molecular weight is 289 g/mol. The highest BCUT2D eigenvalue weighted by Gasteiger charge is 2.03. The zero-order valence-corrected chi connectivity index (χ0v) is 12.3. The van der Waals surface area contributed by atoms with E-state index in [0.717, 1.165) is 27.5 Å². The van der Waals surface area contributed by atoms with Gasteiger partial charge in [-0.2, -0.15) is 0 Å². The summed E-state index contributed by atoms with van der Waals surface area (Å²) in [5, 5.41) is 6.87. The van der Waals surface area contributed by atoms with Gasteiger partial charge >= 0.3 is 0 Å². The minimum atomic E-state index is -0.0728. The molecule has 0 aliphatic carbocycles. The van der Waals surface area contributed by atoms with Gasteiger partial charge in [-0.05, 0) is 36.2 Å². The number of carbonyl (C=O) groups excluding carboxylic acids is 1. The topological polar surface area (TPSA) is 41.1 Å². The summed E-state index contributed by atoms with van der Waals surface area (Å²) >= 11 is 6.12. The van der Waals surface area contributed by atoms with Gasteiger partial charge in [0, 0.05) is 29.9 Å². The molecule has 0 aliphatic heterocycles. The van der Waals surface area contributed by atoms with E-state index in [1.807, 2.05) is 49.4 Å². The summed E-state index contributed by atoms with van der Waals surface area (Å²) in [4.78, 5) is 11.2. The summed E-state index contributed by atoms with van der Waals surface area (Å²) in [5.74, 6) is -0.0728. The van der Waals surface area contributed by atoms with E-state index in [-0.39, 0.29) is 5.91 Å². The molecule has 2 N–H and O–H groups in total. The summed E-state index contributed by atoms with van der Waals surface area (Å²) in [7, 11) is 0. The highest BCUT2D eigenvalue weighted by molar-refractivity contribution is 6.31. The van der Waals surface area contributed by atoms with Gasteiger partial charge in [0.05, 0.1) is 0 Å². The zero-order chi connectivity index (χ0) is 14.5. The molecule has 0 saturated carbocycles. The molecule has 1 amide bonds. The fourth-order valence-electron chi connectivity index (χ4n) is 1.90. The molecule has 0 atom stereocenters. The first-order valence-electron chi connectivity index (χ1n) is 6.42. The van der Waals surface area contributed by atoms with Gasteiger partial charge in [0.15, 0.2) is 0 Å². The van der Waals surface area contributed by atoms with Crippen molar-refractivity contribution in [1.82, 2.24) is 0 Å². The van der Waals surface area contributed by atoms with Crippen LogP contribution in [-0.4, -0.2) is 5.91 Å². The van der Waals surface area contributed by atoms with Crippen molar-refractivity contribution in [1.29, 1.82) is 0 Å². The maximum absolute atomic E-state index is 11.2. The summed E-state index contributed by atoms with van der Waals surface area (Å²) in [6.07, 6.45) is 0. The average Bonchev–Trinajstić information content (AvgIpc) is 2.40. The summed E-state index contributed by atoms with van der Waals surface area (Å²) < 4.78 is 0. The Balaban J connectivity index is 2.10. The first kappa shape index (κ1) is 14.4. The third-order valence-corrected chi connectivity index (χ3v) is 3.36. The molecule has 2 aromatic carbocycles. The van der Waals surface area contributed by atoms with E-state index >= 15 is 0 Å². The number of hydrogen-bond donors (Lipinski definition) is 2. The first-order valence-corrected chi connectivity index (χ1v) is 6.79. The third-order valence-electron chi connectivity index (χ3n) is 2.99. The molecule has 0 fully saturated rings. The second-order valence-corrected chi connectivity index (χ2v) is 5.06. The Hall–Kier alpha value is -2.00. The normalized spacial score (nSPS) is 10.2. The maximum atomic E-state index is 11.2. The van der Waals surface area contributed by atoms with Crippen LogP contribution in [-0.2, 0) is 11.3 Å². The Morgan fingerprint density at radius 2 is 1.95 bits per heavy atom. The van der Waals surface area contributed by atoms with E-state index in [4.69, 9.17) is 11.6 Å². The SMILES string of the molecule is CC(=O)Nc1cc(NCc2ccccc2Cl)ccc1C. The Morgan fingerprint density at radius 3 is 2.65 bits per heavy atom. The van der Waals surface area contributed by atoms with Crippen LogP contribution in [0.3, 0.4) is 0 Å². The summed E-state index contributed by atoms with van der Waals surface area (Å²) in [6.45, 7) is 4.11. The number of benzene rings is 2. The van der Waals surface area contributed by atoms with Crippen LogP contribution in [0.4, 0.5) is 11.4 Å². The lowest BCUT2D eigenvalue weighted by Crippen LogP contribution is -2.08. The van der Waals surface area contributed by atoms with Gasteiger partial charge in [0.25, 0.3) is 0 Å². The molecule has 0 aromatic heterocycles. The Morgan fingerprint density at radius 1 is 1.20 bits per heavy atom. The minimum Gasteiger partial charge on any atom is -0.381 e. The Kier molecular flexibility index (Phi) is 4.64. The molecule has 0 aliphatic rings. The standard InChI is InChI=1S/C16H17ClN2O/c1-11-7-8-14(9-16(11)19-12(2)20)18-10-13-5-3-4-6-15(13)17/h3-9,18H,10H2,1-2H3,(H,19,20). The molecule has 0 radical (unpaired) electrons. The van der Waals surface area contributed by atoms with E-state index in [2.05, 4.69) is 10.6 Å². The van der Waals surface area contributed by atoms with Gasteiger partial charge in [-0.1, -0.05) is 35.9 Å². The van der Waals surface area contributed by atoms with Crippen molar-refractivity contribution in [3.8, 4) is 0 Å². The summed E-state index contributed by atoms with van der Waals surface area (Å²) in [6, 6.07) is 13.6. The fourth-order valence-corrected chi connectivity index (χ4v) is 2.10. The number of carbonyl (C=O) groups is 1. The van der Waals surface area contributed by atoms with E-state index in [1.165, 1.54) is 6.92 Å². The van der Waals surface area contributed by atoms with Crippen molar-refractivity contribution < 1.29 is 4.79 Å². The van der Waals surface area contributed by atoms with Crippen LogP contribution < -0.4 is 10.6 Å². The second kappa shape index (κ2) is 6.44. The van der Waals surface area contributed by atoms with Crippen LogP contribution >= 0.6 is 11.6 Å². The molecule has 0 unspecified atom stereocenters. The number of rotatable bonds is 4. The predicted molar refractivity (Wildman–Crippen MR) is 84.3 cm³/mol. The number of amides is 1. The van der Waals surface area contributed by atoms with E-state index in [9.17, 15) is 4.79 Å². The van der Waals surface area contributed by atoms with Crippen LogP contribution in [0.25, 0.3) is 0 Å². The Bertz CT molecular complexity index is 626. The minimum absolute atomic E-state index is 0.0728. The van der Waals surface area contributed by atoms with Gasteiger partial charge in [-0.25, -0.2) is 0 Å². The lowest BCUT2D eigenvalue weighted by Gasteiger charge is -2.12. The molecule has 0 heterocycles. The molecule has 0 spiro atoms. The highest BCUT2D eigenvalue weighted by atomic mass is 35.5. The van der Waals surface area contributed by atoms with Crippen molar-refractivity contribution in [2.45, 2.75) is 20.4 Å². The first-order chi connectivity index (χ1) is 9.56. The highest BCUT2D eigenvalue weighted by Crippen LogP contribution is 2.22. The largest absolute Gasteiger partial charge is 0.381 e. The quantitative estimate of drug-likeness (QED) is 0.884. The maximum Gasteiger partial charge on any atom is 0.221 e. The molecule has 20 heavy (non-hydrogen) atoms. The van der Waals surface area contributed by atoms with E-state index in [1.54, 1.807) is 0 Å². The molecule has 0 saturated heterocycles. The van der Waals surface area contributed by atoms with E-state index < -0.39 is 0 Å². The zero-order valence-electron chi connectivity index (χ0n) is 11.5. The van der Waals surface area contributed by atoms with Crippen molar-refractivity contribution in [3.63, 3.8) is 0 Å². The van der Waals surface area contributed by atoms with Crippen LogP contribution in [0.2, 0.25) is 5.02 Å². The molecular weight excluding hydrogens is 272 g/mol.